The fraction of sp³-hybridized carbons (Fsp3) is 0.619. The van der Waals surface area contributed by atoms with Crippen LogP contribution in [-0.4, -0.2) is 95.3 Å². The zero-order chi connectivity index (χ0) is 23.0. The van der Waals surface area contributed by atoms with Gasteiger partial charge in [-0.25, -0.2) is 17.5 Å². The van der Waals surface area contributed by atoms with Crippen LogP contribution in [0.2, 0.25) is 0 Å². The summed E-state index contributed by atoms with van der Waals surface area (Å²) in [6.07, 6.45) is 0.737. The van der Waals surface area contributed by atoms with E-state index in [2.05, 4.69) is 21.6 Å². The molecule has 1 aromatic carbocycles. The summed E-state index contributed by atoms with van der Waals surface area (Å²) < 4.78 is 41.4. The topological polar surface area (TPSA) is 66.6 Å². The summed E-state index contributed by atoms with van der Waals surface area (Å²) in [5, 5.41) is 4.84. The van der Waals surface area contributed by atoms with Crippen molar-refractivity contribution in [3.63, 3.8) is 0 Å². The summed E-state index contributed by atoms with van der Waals surface area (Å²) in [7, 11) is 1.11. The Kier molecular flexibility index (Phi) is 6.83. The first kappa shape index (κ1) is 23.5. The Bertz CT molecular complexity index is 1100. The molecular formula is C21H31FN6O2S2. The van der Waals surface area contributed by atoms with Crippen LogP contribution in [0.5, 0.6) is 0 Å². The van der Waals surface area contributed by atoms with E-state index >= 15 is 0 Å². The quantitative estimate of drug-likeness (QED) is 0.583. The van der Waals surface area contributed by atoms with Crippen LogP contribution >= 0.6 is 12.2 Å². The first-order valence-corrected chi connectivity index (χ1v) is 13.2. The molecular weight excluding hydrogens is 451 g/mol. The Morgan fingerprint density at radius 1 is 1.19 bits per heavy atom. The number of sulfone groups is 1. The molecule has 4 rings (SSSR count). The van der Waals surface area contributed by atoms with Gasteiger partial charge >= 0.3 is 0 Å². The van der Waals surface area contributed by atoms with Crippen LogP contribution in [0, 0.1) is 10.6 Å². The molecule has 0 saturated carbocycles. The highest BCUT2D eigenvalue weighted by atomic mass is 32.2. The summed E-state index contributed by atoms with van der Waals surface area (Å²) >= 11 is 5.79. The Morgan fingerprint density at radius 3 is 2.41 bits per heavy atom. The second-order valence-corrected chi connectivity index (χ2v) is 11.5. The third-order valence-electron chi connectivity index (χ3n) is 6.56. The second-order valence-electron chi connectivity index (χ2n) is 8.94. The Labute approximate surface area is 194 Å². The Balaban J connectivity index is 1.51. The molecule has 8 nitrogen and oxygen atoms in total. The number of benzene rings is 1. The van der Waals surface area contributed by atoms with Gasteiger partial charge in [0, 0.05) is 37.9 Å². The summed E-state index contributed by atoms with van der Waals surface area (Å²) in [5.74, 6) is 1.11. The third kappa shape index (κ3) is 4.96. The van der Waals surface area contributed by atoms with Crippen LogP contribution in [0.4, 0.5) is 4.39 Å². The minimum atomic E-state index is -2.87. The van der Waals surface area contributed by atoms with Crippen molar-refractivity contribution in [2.24, 2.45) is 0 Å². The van der Waals surface area contributed by atoms with E-state index in [0.717, 1.165) is 44.1 Å². The molecule has 0 bridgehead atoms. The number of nitrogens with zero attached hydrogens (tertiary/aromatic N) is 6. The highest BCUT2D eigenvalue weighted by Gasteiger charge is 2.33. The lowest BCUT2D eigenvalue weighted by Gasteiger charge is -2.37. The van der Waals surface area contributed by atoms with Gasteiger partial charge in [-0.15, -0.1) is 0 Å². The Hall–Kier alpha value is -1.66. The van der Waals surface area contributed by atoms with Crippen molar-refractivity contribution in [1.29, 1.82) is 0 Å². The monoisotopic (exact) mass is 482 g/mol. The van der Waals surface area contributed by atoms with Crippen LogP contribution < -0.4 is 0 Å². The van der Waals surface area contributed by atoms with E-state index in [4.69, 9.17) is 17.3 Å². The van der Waals surface area contributed by atoms with Gasteiger partial charge in [-0.05, 0) is 63.9 Å². The van der Waals surface area contributed by atoms with E-state index in [1.807, 2.05) is 23.3 Å². The van der Waals surface area contributed by atoms with E-state index in [9.17, 15) is 12.8 Å². The van der Waals surface area contributed by atoms with E-state index in [1.165, 1.54) is 12.1 Å². The third-order valence-corrected chi connectivity index (χ3v) is 8.71. The van der Waals surface area contributed by atoms with Gasteiger partial charge in [0.25, 0.3) is 0 Å². The first-order valence-electron chi connectivity index (χ1n) is 10.9. The fourth-order valence-corrected chi connectivity index (χ4v) is 6.43. The summed E-state index contributed by atoms with van der Waals surface area (Å²) in [4.78, 5) is 6.66. The van der Waals surface area contributed by atoms with Crippen molar-refractivity contribution < 1.29 is 12.8 Å². The van der Waals surface area contributed by atoms with Crippen LogP contribution in [0.15, 0.2) is 24.3 Å². The lowest BCUT2D eigenvalue weighted by Crippen LogP contribution is -2.51. The standard InChI is InChI=1S/C21H31FN6O2S2/c1-16(24(2)3)20-23-27(21(31)28(20)18-6-4-17(22)5-7-18)15-25-9-11-26(12-10-25)19-8-13-32(29,30)14-19/h4-7,16,19H,8-15H2,1-3H3. The number of aromatic nitrogens is 3. The van der Waals surface area contributed by atoms with Gasteiger partial charge in [-0.1, -0.05) is 0 Å². The summed E-state index contributed by atoms with van der Waals surface area (Å²) in [6.45, 7) is 5.98. The predicted octanol–water partition coefficient (Wildman–Crippen LogP) is 1.93. The van der Waals surface area contributed by atoms with Gasteiger partial charge in [0.2, 0.25) is 4.77 Å². The number of piperazine rings is 1. The highest BCUT2D eigenvalue weighted by Crippen LogP contribution is 2.23. The molecule has 3 heterocycles. The maximum atomic E-state index is 13.5. The van der Waals surface area contributed by atoms with E-state index in [0.29, 0.717) is 17.2 Å². The minimum Gasteiger partial charge on any atom is -0.300 e. The molecule has 176 valence electrons. The van der Waals surface area contributed by atoms with Gasteiger partial charge in [-0.3, -0.25) is 19.3 Å². The van der Waals surface area contributed by atoms with Crippen molar-refractivity contribution in [3.05, 3.63) is 40.7 Å². The molecule has 2 aliphatic heterocycles. The van der Waals surface area contributed by atoms with E-state index in [-0.39, 0.29) is 23.7 Å². The zero-order valence-corrected chi connectivity index (χ0v) is 20.4. The molecule has 0 spiro atoms. The van der Waals surface area contributed by atoms with Gasteiger partial charge in [-0.2, -0.15) is 5.10 Å². The smallest absolute Gasteiger partial charge is 0.203 e. The largest absolute Gasteiger partial charge is 0.300 e. The molecule has 2 atom stereocenters. The normalized spacial score (nSPS) is 23.1. The molecule has 2 unspecified atom stereocenters. The molecule has 0 N–H and O–H groups in total. The Morgan fingerprint density at radius 2 is 1.84 bits per heavy atom. The van der Waals surface area contributed by atoms with Gasteiger partial charge < -0.3 is 0 Å². The maximum absolute atomic E-state index is 13.5. The molecule has 0 radical (unpaired) electrons. The highest BCUT2D eigenvalue weighted by molar-refractivity contribution is 7.91. The van der Waals surface area contributed by atoms with Crippen LogP contribution in [-0.2, 0) is 16.5 Å². The van der Waals surface area contributed by atoms with Gasteiger partial charge in [0.15, 0.2) is 15.7 Å². The van der Waals surface area contributed by atoms with Crippen molar-refractivity contribution in [2.75, 3.05) is 51.8 Å². The van der Waals surface area contributed by atoms with Crippen LogP contribution in [0.3, 0.4) is 0 Å². The fourth-order valence-electron chi connectivity index (χ4n) is 4.37. The summed E-state index contributed by atoms with van der Waals surface area (Å²) in [6, 6.07) is 6.47. The van der Waals surface area contributed by atoms with Crippen molar-refractivity contribution >= 4 is 22.1 Å². The van der Waals surface area contributed by atoms with Crippen LogP contribution in [0.1, 0.15) is 25.2 Å². The number of hydrogen-bond donors (Lipinski definition) is 0. The first-order chi connectivity index (χ1) is 15.1. The molecule has 2 fully saturated rings. The number of hydrogen-bond acceptors (Lipinski definition) is 7. The lowest BCUT2D eigenvalue weighted by atomic mass is 10.2. The molecule has 2 aliphatic rings. The molecule has 0 aliphatic carbocycles. The van der Waals surface area contributed by atoms with Crippen LogP contribution in [0.25, 0.3) is 5.69 Å². The van der Waals surface area contributed by atoms with E-state index in [1.54, 1.807) is 12.1 Å². The zero-order valence-electron chi connectivity index (χ0n) is 18.8. The van der Waals surface area contributed by atoms with E-state index < -0.39 is 9.84 Å². The molecule has 11 heteroatoms. The maximum Gasteiger partial charge on any atom is 0.203 e. The molecule has 32 heavy (non-hydrogen) atoms. The SMILES string of the molecule is CC(c1nn(CN2CCN(C3CCS(=O)(=O)C3)CC2)c(=S)n1-c1ccc(F)cc1)N(C)C. The van der Waals surface area contributed by atoms with Gasteiger partial charge in [0.05, 0.1) is 24.2 Å². The molecule has 0 amide bonds. The average Bonchev–Trinajstić information content (AvgIpc) is 3.28. The van der Waals surface area contributed by atoms with Gasteiger partial charge in [0.1, 0.15) is 5.82 Å². The molecule has 1 aromatic heterocycles. The number of halogens is 1. The second kappa shape index (κ2) is 9.30. The van der Waals surface area contributed by atoms with Crippen molar-refractivity contribution in [3.8, 4) is 5.69 Å². The number of rotatable bonds is 6. The minimum absolute atomic E-state index is 0.0177. The average molecular weight is 483 g/mol. The summed E-state index contributed by atoms with van der Waals surface area (Å²) in [5.41, 5.74) is 0.790. The van der Waals surface area contributed by atoms with Crippen molar-refractivity contribution in [1.82, 2.24) is 29.0 Å². The molecule has 2 aromatic rings. The van der Waals surface area contributed by atoms with Crippen molar-refractivity contribution in [2.45, 2.75) is 32.1 Å². The predicted molar refractivity (Wildman–Crippen MR) is 125 cm³/mol. The molecule has 2 saturated heterocycles. The lowest BCUT2D eigenvalue weighted by molar-refractivity contribution is 0.0806.